The number of nitrogens with zero attached hydrogens (tertiary/aromatic N) is 2. The number of hydrogen-bond donors (Lipinski definition) is 0. The van der Waals surface area contributed by atoms with Gasteiger partial charge in [-0.1, -0.05) is 93.5 Å². The molecule has 0 spiro atoms. The molecule has 0 saturated carbocycles. The third-order valence-corrected chi connectivity index (χ3v) is 8.45. The molecule has 1 aromatic heterocycles. The minimum atomic E-state index is -0.661. The lowest BCUT2D eigenvalue weighted by molar-refractivity contribution is -0.139. The summed E-state index contributed by atoms with van der Waals surface area (Å²) in [6.45, 7) is 4.23. The van der Waals surface area contributed by atoms with Crippen LogP contribution >= 0.6 is 38.9 Å². The van der Waals surface area contributed by atoms with E-state index in [1.54, 1.807) is 30.5 Å². The van der Waals surface area contributed by atoms with Gasteiger partial charge in [-0.2, -0.15) is 0 Å². The van der Waals surface area contributed by atoms with Gasteiger partial charge in [0.15, 0.2) is 4.80 Å². The highest BCUT2D eigenvalue weighted by Crippen LogP contribution is 2.32. The highest BCUT2D eigenvalue weighted by Gasteiger charge is 2.33. The largest absolute Gasteiger partial charge is 0.488 e. The molecule has 0 saturated heterocycles. The topological polar surface area (TPSA) is 69.9 Å². The van der Waals surface area contributed by atoms with Crippen molar-refractivity contribution in [3.63, 3.8) is 0 Å². The van der Waals surface area contributed by atoms with Crippen molar-refractivity contribution in [2.75, 3.05) is 6.61 Å². The molecule has 9 heteroatoms. The van der Waals surface area contributed by atoms with Gasteiger partial charge in [0.1, 0.15) is 12.4 Å². The van der Waals surface area contributed by atoms with Crippen molar-refractivity contribution in [1.82, 2.24) is 4.57 Å². The minimum absolute atomic E-state index is 0.00980. The number of hydrogen-bond acceptors (Lipinski definition) is 6. The van der Waals surface area contributed by atoms with Crippen LogP contribution in [-0.4, -0.2) is 17.1 Å². The molecule has 3 aromatic rings. The smallest absolute Gasteiger partial charge is 0.338 e. The van der Waals surface area contributed by atoms with E-state index in [4.69, 9.17) is 21.1 Å². The monoisotopic (exact) mass is 624 g/mol. The van der Waals surface area contributed by atoms with Gasteiger partial charge in [0.05, 0.1) is 28.5 Å². The predicted molar refractivity (Wildman–Crippen MR) is 157 cm³/mol. The summed E-state index contributed by atoms with van der Waals surface area (Å²) in [6, 6.07) is 16.5. The van der Waals surface area contributed by atoms with Crippen LogP contribution in [0.5, 0.6) is 0 Å². The van der Waals surface area contributed by atoms with E-state index >= 15 is 0 Å². The van der Waals surface area contributed by atoms with Crippen molar-refractivity contribution in [2.24, 2.45) is 10.9 Å². The first-order chi connectivity index (χ1) is 18.9. The number of carbonyl (C=O) groups excluding carboxylic acids is 1. The summed E-state index contributed by atoms with van der Waals surface area (Å²) in [6.07, 6.45) is 6.60. The molecule has 2 aromatic carbocycles. The summed E-state index contributed by atoms with van der Waals surface area (Å²) >= 11 is 11.1. The highest BCUT2D eigenvalue weighted by atomic mass is 79.9. The number of allylic oxidation sites excluding steroid dienone is 4. The van der Waals surface area contributed by atoms with E-state index in [9.17, 15) is 9.59 Å². The maximum absolute atomic E-state index is 13.8. The number of esters is 1. The molecule has 6 nitrogen and oxygen atoms in total. The van der Waals surface area contributed by atoms with Gasteiger partial charge in [0.25, 0.3) is 5.56 Å². The third-order valence-electron chi connectivity index (χ3n) is 6.48. The Morgan fingerprint density at radius 3 is 2.64 bits per heavy atom. The molecule has 2 atom stereocenters. The number of thiazole rings is 1. The van der Waals surface area contributed by atoms with Gasteiger partial charge in [-0.05, 0) is 49.6 Å². The zero-order valence-corrected chi connectivity index (χ0v) is 24.6. The molecule has 2 aliphatic rings. The lowest BCUT2D eigenvalue weighted by atomic mass is 9.96. The zero-order chi connectivity index (χ0) is 27.5. The van der Waals surface area contributed by atoms with Crippen molar-refractivity contribution in [2.45, 2.75) is 32.9 Å². The number of ether oxygens (including phenoxy) is 2. The van der Waals surface area contributed by atoms with Crippen molar-refractivity contribution in [1.29, 1.82) is 0 Å². The number of carbonyl (C=O) groups is 1. The van der Waals surface area contributed by atoms with E-state index in [2.05, 4.69) is 20.9 Å². The number of fused-ring (bicyclic) bond motifs is 1. The molecule has 0 radical (unpaired) electrons. The van der Waals surface area contributed by atoms with Crippen molar-refractivity contribution < 1.29 is 14.3 Å². The fourth-order valence-corrected chi connectivity index (χ4v) is 6.45. The van der Waals surface area contributed by atoms with E-state index in [1.807, 2.05) is 60.7 Å². The van der Waals surface area contributed by atoms with Gasteiger partial charge >= 0.3 is 5.97 Å². The van der Waals surface area contributed by atoms with Gasteiger partial charge in [-0.15, -0.1) is 0 Å². The molecule has 5 rings (SSSR count). The Bertz CT molecular complexity index is 1670. The summed E-state index contributed by atoms with van der Waals surface area (Å²) < 4.78 is 14.4. The van der Waals surface area contributed by atoms with Crippen LogP contribution in [0.2, 0.25) is 5.02 Å². The SMILES string of the molecule is CCOC(=O)C1=C(C)N=c2s/c(=C\[C@H]3C=CC(OCc4ccccc4)=C(Br)C3)c(=O)n2[C@@H]1c1ccc(Cl)cc1. The summed E-state index contributed by atoms with van der Waals surface area (Å²) in [7, 11) is 0. The Morgan fingerprint density at radius 1 is 1.21 bits per heavy atom. The van der Waals surface area contributed by atoms with E-state index in [-0.39, 0.29) is 18.1 Å². The standard InChI is InChI=1S/C30H26BrClN2O4S/c1-3-37-29(36)26-18(2)33-30-34(27(26)21-10-12-22(32)13-11-21)28(35)25(39-30)16-20-9-14-24(23(31)15-20)38-17-19-7-5-4-6-8-19/h4-14,16,20,27H,3,15,17H2,1-2H3/b25-16-/t20-,27+/m0/s1. The van der Waals surface area contributed by atoms with Crippen molar-refractivity contribution in [3.8, 4) is 0 Å². The number of benzene rings is 2. The fourth-order valence-electron chi connectivity index (χ4n) is 4.61. The molecule has 1 aliphatic carbocycles. The van der Waals surface area contributed by atoms with Crippen LogP contribution in [0.25, 0.3) is 6.08 Å². The van der Waals surface area contributed by atoms with Gasteiger partial charge < -0.3 is 9.47 Å². The van der Waals surface area contributed by atoms with E-state index in [1.165, 1.54) is 11.3 Å². The molecular weight excluding hydrogens is 600 g/mol. The Balaban J connectivity index is 1.47. The van der Waals surface area contributed by atoms with Crippen LogP contribution in [0.3, 0.4) is 0 Å². The number of halogens is 2. The Labute approximate surface area is 243 Å². The van der Waals surface area contributed by atoms with Crippen molar-refractivity contribution in [3.05, 3.63) is 124 Å². The molecule has 0 unspecified atom stereocenters. The first-order valence-corrected chi connectivity index (χ1v) is 14.5. The maximum atomic E-state index is 13.8. The van der Waals surface area contributed by atoms with E-state index in [0.717, 1.165) is 21.4 Å². The summed E-state index contributed by atoms with van der Waals surface area (Å²) in [4.78, 5) is 32.0. The zero-order valence-electron chi connectivity index (χ0n) is 21.4. The van der Waals surface area contributed by atoms with Crippen LogP contribution in [0.15, 0.2) is 98.0 Å². The Morgan fingerprint density at radius 2 is 1.95 bits per heavy atom. The molecule has 1 aliphatic heterocycles. The second-order valence-corrected chi connectivity index (χ2v) is 11.5. The molecule has 2 heterocycles. The molecule has 0 fully saturated rings. The van der Waals surface area contributed by atoms with E-state index in [0.29, 0.717) is 38.7 Å². The second-order valence-electron chi connectivity index (χ2n) is 9.15. The van der Waals surface area contributed by atoms with Crippen LogP contribution in [-0.2, 0) is 20.9 Å². The summed E-state index contributed by atoms with van der Waals surface area (Å²) in [5, 5.41) is 0.569. The van der Waals surface area contributed by atoms with Crippen LogP contribution in [0, 0.1) is 5.92 Å². The van der Waals surface area contributed by atoms with Gasteiger partial charge in [0.2, 0.25) is 0 Å². The van der Waals surface area contributed by atoms with Crippen molar-refractivity contribution >= 4 is 50.9 Å². The fraction of sp³-hybridized carbons (Fsp3) is 0.233. The summed E-state index contributed by atoms with van der Waals surface area (Å²) in [5.41, 5.74) is 2.53. The van der Waals surface area contributed by atoms with Gasteiger partial charge in [-0.3, -0.25) is 9.36 Å². The molecular formula is C30H26BrClN2O4S. The maximum Gasteiger partial charge on any atom is 0.338 e. The predicted octanol–water partition coefficient (Wildman–Crippen LogP) is 5.80. The summed E-state index contributed by atoms with van der Waals surface area (Å²) in [5.74, 6) is 0.284. The average Bonchev–Trinajstić information content (AvgIpc) is 3.22. The quantitative estimate of drug-likeness (QED) is 0.311. The second kappa shape index (κ2) is 11.9. The first kappa shape index (κ1) is 27.4. The molecule has 39 heavy (non-hydrogen) atoms. The van der Waals surface area contributed by atoms with Crippen LogP contribution in [0.4, 0.5) is 0 Å². The molecule has 200 valence electrons. The average molecular weight is 626 g/mol. The van der Waals surface area contributed by atoms with E-state index < -0.39 is 12.0 Å². The molecule has 0 N–H and O–H groups in total. The molecule has 0 bridgehead atoms. The van der Waals surface area contributed by atoms with Crippen LogP contribution in [0.1, 0.15) is 37.4 Å². The highest BCUT2D eigenvalue weighted by molar-refractivity contribution is 9.11. The number of aromatic nitrogens is 1. The van der Waals surface area contributed by atoms with Crippen LogP contribution < -0.4 is 14.9 Å². The Hall–Kier alpha value is -3.20. The van der Waals surface area contributed by atoms with Gasteiger partial charge in [-0.25, -0.2) is 9.79 Å². The van der Waals surface area contributed by atoms with Gasteiger partial charge in [0, 0.05) is 15.4 Å². The third kappa shape index (κ3) is 5.88. The molecule has 0 amide bonds. The minimum Gasteiger partial charge on any atom is -0.488 e. The number of rotatable bonds is 7. The Kier molecular flexibility index (Phi) is 8.35. The lowest BCUT2D eigenvalue weighted by Crippen LogP contribution is -2.40. The normalized spacial score (nSPS) is 19.1. The lowest BCUT2D eigenvalue weighted by Gasteiger charge is -2.24. The first-order valence-electron chi connectivity index (χ1n) is 12.5.